The first-order valence-corrected chi connectivity index (χ1v) is 4.59. The molecule has 0 aliphatic heterocycles. The number of aromatic nitrogens is 1. The Morgan fingerprint density at radius 1 is 1.27 bits per heavy atom. The summed E-state index contributed by atoms with van der Waals surface area (Å²) in [5.41, 5.74) is 13.1. The normalized spacial score (nSPS) is 11.9. The van der Waals surface area contributed by atoms with E-state index in [0.29, 0.717) is 11.7 Å². The van der Waals surface area contributed by atoms with E-state index in [1.54, 1.807) is 13.1 Å². The van der Waals surface area contributed by atoms with Crippen LogP contribution in [0, 0.1) is 0 Å². The van der Waals surface area contributed by atoms with Gasteiger partial charge in [0.25, 0.3) is 0 Å². The highest BCUT2D eigenvalue weighted by Crippen LogP contribution is 2.15. The van der Waals surface area contributed by atoms with Crippen LogP contribution >= 0.6 is 0 Å². The molecule has 0 unspecified atom stereocenters. The molecular formula is C11H12N4. The first kappa shape index (κ1) is 9.45. The zero-order chi connectivity index (χ0) is 10.8. The second kappa shape index (κ2) is 3.57. The number of nitrogens with zero attached hydrogens (tertiary/aromatic N) is 2. The number of pyridine rings is 1. The third-order valence-corrected chi connectivity index (χ3v) is 2.25. The van der Waals surface area contributed by atoms with E-state index >= 15 is 0 Å². The number of benzene rings is 1. The average Bonchev–Trinajstić information content (AvgIpc) is 2.27. The van der Waals surface area contributed by atoms with Crippen LogP contribution in [0.15, 0.2) is 35.3 Å². The molecule has 0 aliphatic rings. The summed E-state index contributed by atoms with van der Waals surface area (Å²) in [5.74, 6) is 1.04. The molecule has 4 nitrogen and oxygen atoms in total. The molecule has 2 rings (SSSR count). The van der Waals surface area contributed by atoms with Crippen molar-refractivity contribution in [3.8, 4) is 0 Å². The van der Waals surface area contributed by atoms with Crippen molar-refractivity contribution in [2.24, 2.45) is 10.7 Å². The molecule has 0 bridgehead atoms. The highest BCUT2D eigenvalue weighted by Gasteiger charge is 2.00. The van der Waals surface area contributed by atoms with Crippen molar-refractivity contribution in [2.45, 2.75) is 0 Å². The number of nitrogens with two attached hydrogens (primary N) is 2. The van der Waals surface area contributed by atoms with E-state index in [1.165, 1.54) is 0 Å². The van der Waals surface area contributed by atoms with Crippen molar-refractivity contribution in [1.82, 2.24) is 4.98 Å². The summed E-state index contributed by atoms with van der Waals surface area (Å²) >= 11 is 0. The highest BCUT2D eigenvalue weighted by atomic mass is 14.8. The molecule has 1 heterocycles. The average molecular weight is 200 g/mol. The lowest BCUT2D eigenvalue weighted by molar-refractivity contribution is 1.38. The zero-order valence-electron chi connectivity index (χ0n) is 8.44. The van der Waals surface area contributed by atoms with Crippen LogP contribution in [0.5, 0.6) is 0 Å². The number of amidine groups is 1. The second-order valence-electron chi connectivity index (χ2n) is 3.25. The van der Waals surface area contributed by atoms with Gasteiger partial charge in [-0.25, -0.2) is 4.98 Å². The quantitative estimate of drug-likeness (QED) is 0.535. The predicted molar refractivity (Wildman–Crippen MR) is 62.8 cm³/mol. The van der Waals surface area contributed by atoms with E-state index in [2.05, 4.69) is 9.98 Å². The summed E-state index contributed by atoms with van der Waals surface area (Å²) in [4.78, 5) is 8.13. The van der Waals surface area contributed by atoms with E-state index in [0.717, 1.165) is 16.5 Å². The third kappa shape index (κ3) is 1.74. The standard InChI is InChI=1S/C11H12N4/c1-14-11(13)8-2-4-9-7(6-8)3-5-10(12)15-9/h2-6H,1H3,(H2,12,15)(H2,13,14). The molecule has 0 aliphatic carbocycles. The molecular weight excluding hydrogens is 188 g/mol. The number of hydrogen-bond acceptors (Lipinski definition) is 3. The Kier molecular flexibility index (Phi) is 2.25. The van der Waals surface area contributed by atoms with Crippen LogP contribution in [0.4, 0.5) is 5.82 Å². The van der Waals surface area contributed by atoms with Gasteiger partial charge >= 0.3 is 0 Å². The first-order valence-electron chi connectivity index (χ1n) is 4.59. The van der Waals surface area contributed by atoms with Gasteiger partial charge in [0, 0.05) is 18.0 Å². The first-order chi connectivity index (χ1) is 7.20. The van der Waals surface area contributed by atoms with Gasteiger partial charge in [-0.1, -0.05) is 0 Å². The lowest BCUT2D eigenvalue weighted by Crippen LogP contribution is -2.12. The van der Waals surface area contributed by atoms with Gasteiger partial charge in [-0.2, -0.15) is 0 Å². The lowest BCUT2D eigenvalue weighted by Gasteiger charge is -2.02. The van der Waals surface area contributed by atoms with E-state index in [-0.39, 0.29) is 0 Å². The molecule has 2 aromatic rings. The minimum Gasteiger partial charge on any atom is -0.384 e. The minimum atomic E-state index is 0.521. The molecule has 0 atom stereocenters. The second-order valence-corrected chi connectivity index (χ2v) is 3.25. The van der Waals surface area contributed by atoms with E-state index in [1.807, 2.05) is 24.3 Å². The predicted octanol–water partition coefficient (Wildman–Crippen LogP) is 1.15. The SMILES string of the molecule is CN=C(N)c1ccc2nc(N)ccc2c1. The molecule has 76 valence electrons. The summed E-state index contributed by atoms with van der Waals surface area (Å²) in [6.45, 7) is 0. The molecule has 4 N–H and O–H groups in total. The Bertz CT molecular complexity index is 531. The molecule has 0 radical (unpaired) electrons. The number of hydrogen-bond donors (Lipinski definition) is 2. The van der Waals surface area contributed by atoms with Gasteiger partial charge < -0.3 is 11.5 Å². The molecule has 0 saturated carbocycles. The van der Waals surface area contributed by atoms with Crippen molar-refractivity contribution in [1.29, 1.82) is 0 Å². The number of anilines is 1. The van der Waals surface area contributed by atoms with Gasteiger partial charge in [0.05, 0.1) is 5.52 Å². The molecule has 0 amide bonds. The fourth-order valence-corrected chi connectivity index (χ4v) is 1.43. The molecule has 4 heteroatoms. The molecule has 0 fully saturated rings. The van der Waals surface area contributed by atoms with E-state index in [4.69, 9.17) is 11.5 Å². The fraction of sp³-hybridized carbons (Fsp3) is 0.0909. The summed E-state index contributed by atoms with van der Waals surface area (Å²) in [5, 5.41) is 1.01. The molecule has 15 heavy (non-hydrogen) atoms. The molecule has 0 spiro atoms. The van der Waals surface area contributed by atoms with Gasteiger partial charge in [-0.3, -0.25) is 4.99 Å². The number of aliphatic imine (C=N–C) groups is 1. The van der Waals surface area contributed by atoms with Crippen LogP contribution in [0.1, 0.15) is 5.56 Å². The molecule has 0 saturated heterocycles. The van der Waals surface area contributed by atoms with Crippen LogP contribution < -0.4 is 11.5 Å². The van der Waals surface area contributed by atoms with Crippen molar-refractivity contribution in [3.05, 3.63) is 35.9 Å². The van der Waals surface area contributed by atoms with Gasteiger partial charge in [-0.05, 0) is 30.3 Å². The Morgan fingerprint density at radius 3 is 2.80 bits per heavy atom. The fourth-order valence-electron chi connectivity index (χ4n) is 1.43. The lowest BCUT2D eigenvalue weighted by atomic mass is 10.1. The number of rotatable bonds is 1. The Labute approximate surface area is 87.6 Å². The molecule has 1 aromatic heterocycles. The number of nitrogen functional groups attached to an aromatic ring is 1. The maximum absolute atomic E-state index is 5.72. The maximum atomic E-state index is 5.72. The van der Waals surface area contributed by atoms with Crippen LogP contribution in [0.3, 0.4) is 0 Å². The Hall–Kier alpha value is -2.10. The summed E-state index contributed by atoms with van der Waals surface area (Å²) < 4.78 is 0. The topological polar surface area (TPSA) is 77.3 Å². The van der Waals surface area contributed by atoms with Crippen LogP contribution in [-0.2, 0) is 0 Å². The Balaban J connectivity index is 2.62. The van der Waals surface area contributed by atoms with Crippen LogP contribution in [0.2, 0.25) is 0 Å². The smallest absolute Gasteiger partial charge is 0.125 e. The van der Waals surface area contributed by atoms with Crippen molar-refractivity contribution in [3.63, 3.8) is 0 Å². The summed E-state index contributed by atoms with van der Waals surface area (Å²) in [7, 11) is 1.67. The minimum absolute atomic E-state index is 0.521. The van der Waals surface area contributed by atoms with Crippen LogP contribution in [0.25, 0.3) is 10.9 Å². The highest BCUT2D eigenvalue weighted by molar-refractivity contribution is 6.00. The third-order valence-electron chi connectivity index (χ3n) is 2.25. The van der Waals surface area contributed by atoms with Crippen LogP contribution in [-0.4, -0.2) is 17.9 Å². The van der Waals surface area contributed by atoms with Crippen molar-refractivity contribution in [2.75, 3.05) is 12.8 Å². The summed E-state index contributed by atoms with van der Waals surface area (Å²) in [6, 6.07) is 9.41. The molecule has 1 aromatic carbocycles. The van der Waals surface area contributed by atoms with Crippen molar-refractivity contribution >= 4 is 22.6 Å². The Morgan fingerprint density at radius 2 is 2.07 bits per heavy atom. The van der Waals surface area contributed by atoms with Gasteiger partial charge in [0.1, 0.15) is 11.7 Å². The summed E-state index contributed by atoms with van der Waals surface area (Å²) in [6.07, 6.45) is 0. The van der Waals surface area contributed by atoms with Gasteiger partial charge in [-0.15, -0.1) is 0 Å². The largest absolute Gasteiger partial charge is 0.384 e. The van der Waals surface area contributed by atoms with Gasteiger partial charge in [0.15, 0.2) is 0 Å². The monoisotopic (exact) mass is 200 g/mol. The maximum Gasteiger partial charge on any atom is 0.125 e. The van der Waals surface area contributed by atoms with Gasteiger partial charge in [0.2, 0.25) is 0 Å². The zero-order valence-corrected chi connectivity index (χ0v) is 8.44. The van der Waals surface area contributed by atoms with E-state index in [9.17, 15) is 0 Å². The van der Waals surface area contributed by atoms with E-state index < -0.39 is 0 Å². The number of fused-ring (bicyclic) bond motifs is 1. The van der Waals surface area contributed by atoms with Crippen molar-refractivity contribution < 1.29 is 0 Å².